The predicted molar refractivity (Wildman–Crippen MR) is 78.9 cm³/mol. The van der Waals surface area contributed by atoms with Crippen LogP contribution in [0.4, 0.5) is 5.69 Å². The zero-order valence-electron chi connectivity index (χ0n) is 11.7. The Morgan fingerprint density at radius 2 is 1.73 bits per heavy atom. The topological polar surface area (TPSA) is 109 Å². The highest BCUT2D eigenvalue weighted by Crippen LogP contribution is 2.48. The van der Waals surface area contributed by atoms with E-state index < -0.39 is 23.7 Å². The zero-order chi connectivity index (χ0) is 15.9. The van der Waals surface area contributed by atoms with Crippen molar-refractivity contribution in [3.8, 4) is 0 Å². The number of aliphatic carboxylic acids is 1. The standard InChI is InChI=1S/C16H16N2O4/c17-14(19)10-3-1-2-4-11(10)18-15(20)12-8-5-6-9(7-8)13(12)16(21)22/h1-6,8-9,12-13H,7H2,(H2,17,19)(H,18,20)(H,21,22)/t8-,9+,12-,13+/m1/s1. The Hall–Kier alpha value is -2.63. The highest BCUT2D eigenvalue weighted by Gasteiger charge is 2.51. The summed E-state index contributed by atoms with van der Waals surface area (Å²) in [5, 5.41) is 12.0. The number of hydrogen-bond donors (Lipinski definition) is 3. The smallest absolute Gasteiger partial charge is 0.307 e. The number of nitrogens with one attached hydrogen (secondary N) is 1. The SMILES string of the molecule is NC(=O)c1ccccc1NC(=O)[C@H]1[C@@H](C(=O)O)[C@H]2C=C[C@@H]1C2. The monoisotopic (exact) mass is 300 g/mol. The van der Waals surface area contributed by atoms with Crippen LogP contribution in [0, 0.1) is 23.7 Å². The first-order chi connectivity index (χ1) is 10.5. The number of amides is 2. The normalized spacial score (nSPS) is 28.5. The fraction of sp³-hybridized carbons (Fsp3) is 0.312. The Balaban J connectivity index is 1.85. The second kappa shape index (κ2) is 5.29. The first-order valence-electron chi connectivity index (χ1n) is 7.10. The van der Waals surface area contributed by atoms with E-state index in [4.69, 9.17) is 5.73 Å². The highest BCUT2D eigenvalue weighted by molar-refractivity contribution is 6.04. The van der Waals surface area contributed by atoms with Crippen LogP contribution in [0.1, 0.15) is 16.8 Å². The molecule has 4 atom stereocenters. The second-order valence-electron chi connectivity index (χ2n) is 5.74. The fourth-order valence-corrected chi connectivity index (χ4v) is 3.54. The molecule has 3 rings (SSSR count). The van der Waals surface area contributed by atoms with Crippen molar-refractivity contribution in [2.24, 2.45) is 29.4 Å². The third-order valence-corrected chi connectivity index (χ3v) is 4.50. The third kappa shape index (κ3) is 2.26. The average Bonchev–Trinajstić information content (AvgIpc) is 3.08. The summed E-state index contributed by atoms with van der Waals surface area (Å²) in [6.45, 7) is 0. The van der Waals surface area contributed by atoms with E-state index in [9.17, 15) is 19.5 Å². The average molecular weight is 300 g/mol. The van der Waals surface area contributed by atoms with Gasteiger partial charge in [-0.1, -0.05) is 24.3 Å². The molecule has 6 nitrogen and oxygen atoms in total. The van der Waals surface area contributed by atoms with Gasteiger partial charge in [-0.05, 0) is 30.4 Å². The molecule has 1 aromatic rings. The van der Waals surface area contributed by atoms with Gasteiger partial charge >= 0.3 is 5.97 Å². The Labute approximate surface area is 127 Å². The molecule has 0 heterocycles. The summed E-state index contributed by atoms with van der Waals surface area (Å²) in [4.78, 5) is 35.4. The number of carboxylic acid groups (broad SMARTS) is 1. The lowest BCUT2D eigenvalue weighted by molar-refractivity contribution is -0.146. The zero-order valence-corrected chi connectivity index (χ0v) is 11.7. The molecule has 2 aliphatic rings. The van der Waals surface area contributed by atoms with Crippen LogP contribution in [0.25, 0.3) is 0 Å². The van der Waals surface area contributed by atoms with Crippen molar-refractivity contribution >= 4 is 23.5 Å². The minimum Gasteiger partial charge on any atom is -0.481 e. The van der Waals surface area contributed by atoms with E-state index in [0.29, 0.717) is 12.1 Å². The summed E-state index contributed by atoms with van der Waals surface area (Å²) in [7, 11) is 0. The van der Waals surface area contributed by atoms with Crippen LogP contribution in [-0.2, 0) is 9.59 Å². The van der Waals surface area contributed by atoms with Crippen LogP contribution in [0.3, 0.4) is 0 Å². The summed E-state index contributed by atoms with van der Waals surface area (Å²) in [6, 6.07) is 6.43. The van der Waals surface area contributed by atoms with E-state index in [0.717, 1.165) is 0 Å². The molecule has 2 aliphatic carbocycles. The maximum absolute atomic E-state index is 12.5. The van der Waals surface area contributed by atoms with Gasteiger partial charge < -0.3 is 16.2 Å². The van der Waals surface area contributed by atoms with Crippen molar-refractivity contribution in [3.63, 3.8) is 0 Å². The first-order valence-corrected chi connectivity index (χ1v) is 7.10. The summed E-state index contributed by atoms with van der Waals surface area (Å²) in [5.41, 5.74) is 5.81. The Bertz CT molecular complexity index is 682. The van der Waals surface area contributed by atoms with Gasteiger partial charge in [0.1, 0.15) is 0 Å². The van der Waals surface area contributed by atoms with Gasteiger partial charge in [0.05, 0.1) is 23.1 Å². The molecule has 6 heteroatoms. The van der Waals surface area contributed by atoms with Crippen LogP contribution < -0.4 is 11.1 Å². The van der Waals surface area contributed by atoms with Gasteiger partial charge in [0, 0.05) is 0 Å². The summed E-state index contributed by atoms with van der Waals surface area (Å²) in [5.74, 6) is -3.46. The number of hydrogen-bond acceptors (Lipinski definition) is 3. The molecular formula is C16H16N2O4. The molecule has 0 aliphatic heterocycles. The number of nitrogens with two attached hydrogens (primary N) is 1. The van der Waals surface area contributed by atoms with Crippen LogP contribution >= 0.6 is 0 Å². The maximum Gasteiger partial charge on any atom is 0.307 e. The first kappa shape index (κ1) is 14.3. The molecule has 1 aromatic carbocycles. The predicted octanol–water partition coefficient (Wildman–Crippen LogP) is 1.25. The largest absolute Gasteiger partial charge is 0.481 e. The van der Waals surface area contributed by atoms with Crippen LogP contribution in [-0.4, -0.2) is 22.9 Å². The van der Waals surface area contributed by atoms with E-state index in [1.165, 1.54) is 6.07 Å². The third-order valence-electron chi connectivity index (χ3n) is 4.50. The number of rotatable bonds is 4. The van der Waals surface area contributed by atoms with Gasteiger partial charge in [0.15, 0.2) is 0 Å². The summed E-state index contributed by atoms with van der Waals surface area (Å²) in [6.07, 6.45) is 4.48. The van der Waals surface area contributed by atoms with Crippen molar-refractivity contribution in [1.82, 2.24) is 0 Å². The van der Waals surface area contributed by atoms with Crippen LogP contribution in [0.5, 0.6) is 0 Å². The van der Waals surface area contributed by atoms with E-state index in [1.807, 2.05) is 12.2 Å². The van der Waals surface area contributed by atoms with Crippen molar-refractivity contribution < 1.29 is 19.5 Å². The van der Waals surface area contributed by atoms with E-state index in [2.05, 4.69) is 5.32 Å². The van der Waals surface area contributed by atoms with Crippen molar-refractivity contribution in [2.45, 2.75) is 6.42 Å². The van der Waals surface area contributed by atoms with Gasteiger partial charge in [-0.25, -0.2) is 0 Å². The van der Waals surface area contributed by atoms with Crippen molar-refractivity contribution in [3.05, 3.63) is 42.0 Å². The number of allylic oxidation sites excluding steroid dienone is 2. The maximum atomic E-state index is 12.5. The number of carbonyl (C=O) groups excluding carboxylic acids is 2. The molecule has 2 bridgehead atoms. The number of carboxylic acids is 1. The number of fused-ring (bicyclic) bond motifs is 2. The Morgan fingerprint density at radius 3 is 2.36 bits per heavy atom. The van der Waals surface area contributed by atoms with E-state index in [1.54, 1.807) is 18.2 Å². The van der Waals surface area contributed by atoms with Crippen molar-refractivity contribution in [2.75, 3.05) is 5.32 Å². The van der Waals surface area contributed by atoms with Gasteiger partial charge in [0.25, 0.3) is 5.91 Å². The molecule has 22 heavy (non-hydrogen) atoms. The van der Waals surface area contributed by atoms with Gasteiger partial charge in [-0.15, -0.1) is 0 Å². The molecule has 0 unspecified atom stereocenters. The lowest BCUT2D eigenvalue weighted by atomic mass is 9.82. The quantitative estimate of drug-likeness (QED) is 0.727. The molecule has 0 radical (unpaired) electrons. The number of carbonyl (C=O) groups is 3. The minimum absolute atomic E-state index is 0.0631. The number of benzene rings is 1. The van der Waals surface area contributed by atoms with Crippen molar-refractivity contribution in [1.29, 1.82) is 0 Å². The number of primary amides is 1. The molecule has 1 fully saturated rings. The minimum atomic E-state index is -0.958. The summed E-state index contributed by atoms with van der Waals surface area (Å²) >= 11 is 0. The molecule has 4 N–H and O–H groups in total. The van der Waals surface area contributed by atoms with E-state index >= 15 is 0 Å². The van der Waals surface area contributed by atoms with Gasteiger partial charge in [-0.3, -0.25) is 14.4 Å². The van der Waals surface area contributed by atoms with Gasteiger partial charge in [0.2, 0.25) is 5.91 Å². The lowest BCUT2D eigenvalue weighted by Gasteiger charge is -2.24. The Morgan fingerprint density at radius 1 is 1.09 bits per heavy atom. The number of anilines is 1. The molecule has 114 valence electrons. The second-order valence-corrected chi connectivity index (χ2v) is 5.74. The molecule has 0 aromatic heterocycles. The van der Waals surface area contributed by atoms with Gasteiger partial charge in [-0.2, -0.15) is 0 Å². The molecule has 0 spiro atoms. The molecule has 2 amide bonds. The lowest BCUT2D eigenvalue weighted by Crippen LogP contribution is -2.36. The molecule has 0 saturated heterocycles. The summed E-state index contributed by atoms with van der Waals surface area (Å²) < 4.78 is 0. The Kier molecular flexibility index (Phi) is 3.44. The van der Waals surface area contributed by atoms with Crippen LogP contribution in [0.2, 0.25) is 0 Å². The number of para-hydroxylation sites is 1. The van der Waals surface area contributed by atoms with Crippen LogP contribution in [0.15, 0.2) is 36.4 Å². The molecule has 1 saturated carbocycles. The fourth-order valence-electron chi connectivity index (χ4n) is 3.54. The highest BCUT2D eigenvalue weighted by atomic mass is 16.4. The van der Waals surface area contributed by atoms with E-state index in [-0.39, 0.29) is 23.3 Å². The molecular weight excluding hydrogens is 284 g/mol.